The quantitative estimate of drug-likeness (QED) is 0.307. The van der Waals surface area contributed by atoms with Crippen LogP contribution in [-0.4, -0.2) is 31.3 Å². The predicted octanol–water partition coefficient (Wildman–Crippen LogP) is 5.30. The fourth-order valence-electron chi connectivity index (χ4n) is 2.99. The van der Waals surface area contributed by atoms with Gasteiger partial charge in [-0.2, -0.15) is 10.1 Å². The first-order chi connectivity index (χ1) is 15.1. The zero-order valence-corrected chi connectivity index (χ0v) is 18.2. The lowest BCUT2D eigenvalue weighted by atomic mass is 10.2. The van der Waals surface area contributed by atoms with Gasteiger partial charge in [-0.15, -0.1) is 0 Å². The largest absolute Gasteiger partial charge is 0.497 e. The van der Waals surface area contributed by atoms with Crippen LogP contribution in [0.15, 0.2) is 71.8 Å². The lowest BCUT2D eigenvalue weighted by Crippen LogP contribution is -2.25. The van der Waals surface area contributed by atoms with Crippen LogP contribution < -0.4 is 14.5 Å². The molecule has 0 aliphatic rings. The summed E-state index contributed by atoms with van der Waals surface area (Å²) < 4.78 is 11.5. The molecule has 0 atom stereocenters. The second-order valence-corrected chi connectivity index (χ2v) is 7.84. The lowest BCUT2D eigenvalue weighted by molar-refractivity contribution is 0.0987. The van der Waals surface area contributed by atoms with Crippen molar-refractivity contribution >= 4 is 38.8 Å². The maximum Gasteiger partial charge on any atom is 0.280 e. The summed E-state index contributed by atoms with van der Waals surface area (Å²) >= 11 is 1.42. The van der Waals surface area contributed by atoms with Gasteiger partial charge < -0.3 is 9.47 Å². The van der Waals surface area contributed by atoms with E-state index in [2.05, 4.69) is 16.2 Å². The number of benzene rings is 3. The van der Waals surface area contributed by atoms with Crippen molar-refractivity contribution in [3.05, 3.63) is 83.4 Å². The Morgan fingerprint density at radius 2 is 1.77 bits per heavy atom. The first-order valence-electron chi connectivity index (χ1n) is 9.61. The van der Waals surface area contributed by atoms with Crippen molar-refractivity contribution in [3.8, 4) is 11.5 Å². The van der Waals surface area contributed by atoms with Crippen molar-refractivity contribution in [1.82, 2.24) is 4.98 Å². The average molecular weight is 432 g/mol. The molecule has 0 N–H and O–H groups in total. The summed E-state index contributed by atoms with van der Waals surface area (Å²) in [7, 11) is 3.19. The fraction of sp³-hybridized carbons (Fsp3) is 0.125. The minimum atomic E-state index is -0.292. The van der Waals surface area contributed by atoms with Crippen LogP contribution in [0.2, 0.25) is 0 Å². The number of fused-ring (bicyclic) bond motifs is 1. The molecule has 6 nitrogen and oxygen atoms in total. The van der Waals surface area contributed by atoms with Gasteiger partial charge in [0.05, 0.1) is 30.7 Å². The summed E-state index contributed by atoms with van der Waals surface area (Å²) in [6.45, 7) is 2.03. The molecule has 0 fully saturated rings. The van der Waals surface area contributed by atoms with E-state index in [-0.39, 0.29) is 5.91 Å². The van der Waals surface area contributed by atoms with Crippen molar-refractivity contribution in [2.75, 3.05) is 19.2 Å². The zero-order valence-electron chi connectivity index (χ0n) is 17.4. The van der Waals surface area contributed by atoms with Crippen LogP contribution in [-0.2, 0) is 0 Å². The van der Waals surface area contributed by atoms with Crippen LogP contribution in [0.3, 0.4) is 0 Å². The minimum absolute atomic E-state index is 0.292. The lowest BCUT2D eigenvalue weighted by Gasteiger charge is -2.14. The summed E-state index contributed by atoms with van der Waals surface area (Å²) in [5, 5.41) is 6.32. The summed E-state index contributed by atoms with van der Waals surface area (Å²) in [6, 6.07) is 20.4. The molecule has 0 unspecified atom stereocenters. The molecule has 31 heavy (non-hydrogen) atoms. The number of aromatic nitrogens is 1. The van der Waals surface area contributed by atoms with E-state index in [9.17, 15) is 4.79 Å². The van der Waals surface area contributed by atoms with Crippen LogP contribution in [0.25, 0.3) is 10.2 Å². The first-order valence-corrected chi connectivity index (χ1v) is 10.4. The summed E-state index contributed by atoms with van der Waals surface area (Å²) in [5.74, 6) is 1.06. The van der Waals surface area contributed by atoms with Crippen LogP contribution in [0.1, 0.15) is 21.5 Å². The number of hydrazone groups is 1. The molecule has 0 spiro atoms. The van der Waals surface area contributed by atoms with Crippen molar-refractivity contribution in [1.29, 1.82) is 0 Å². The van der Waals surface area contributed by atoms with Gasteiger partial charge >= 0.3 is 0 Å². The molecule has 0 saturated carbocycles. The predicted molar refractivity (Wildman–Crippen MR) is 125 cm³/mol. The number of methoxy groups -OCH3 is 2. The summed E-state index contributed by atoms with van der Waals surface area (Å²) in [4.78, 5) is 18.0. The number of carbonyl (C=O) groups is 1. The number of anilines is 1. The Hall–Kier alpha value is -3.71. The van der Waals surface area contributed by atoms with Gasteiger partial charge in [0.25, 0.3) is 5.91 Å². The molecule has 1 amide bonds. The van der Waals surface area contributed by atoms with Crippen LogP contribution in [0.4, 0.5) is 5.13 Å². The molecule has 0 bridgehead atoms. The van der Waals surface area contributed by atoms with Crippen LogP contribution >= 0.6 is 11.3 Å². The number of aryl methyl sites for hydroxylation is 1. The van der Waals surface area contributed by atoms with E-state index in [0.717, 1.165) is 27.1 Å². The summed E-state index contributed by atoms with van der Waals surface area (Å²) in [6.07, 6.45) is 1.63. The second-order valence-electron chi connectivity index (χ2n) is 6.83. The van der Waals surface area contributed by atoms with Crippen molar-refractivity contribution in [3.63, 3.8) is 0 Å². The molecule has 0 saturated heterocycles. The molecule has 0 aliphatic heterocycles. The molecule has 0 radical (unpaired) electrons. The Labute approximate surface area is 184 Å². The van der Waals surface area contributed by atoms with E-state index in [1.54, 1.807) is 44.7 Å². The topological polar surface area (TPSA) is 64.0 Å². The van der Waals surface area contributed by atoms with Gasteiger partial charge in [-0.1, -0.05) is 23.5 Å². The normalized spacial score (nSPS) is 11.1. The third kappa shape index (κ3) is 4.57. The Kier molecular flexibility index (Phi) is 5.95. The van der Waals surface area contributed by atoms with Gasteiger partial charge in [0.15, 0.2) is 0 Å². The van der Waals surface area contributed by atoms with Gasteiger partial charge in [0.1, 0.15) is 11.5 Å². The highest BCUT2D eigenvalue weighted by molar-refractivity contribution is 7.22. The molecule has 4 aromatic rings. The van der Waals surface area contributed by atoms with E-state index in [1.807, 2.05) is 43.3 Å². The molecule has 4 rings (SSSR count). The maximum absolute atomic E-state index is 13.4. The third-order valence-corrected chi connectivity index (χ3v) is 5.65. The van der Waals surface area contributed by atoms with Gasteiger partial charge in [0.2, 0.25) is 5.13 Å². The number of rotatable bonds is 6. The molecule has 3 aromatic carbocycles. The van der Waals surface area contributed by atoms with E-state index < -0.39 is 0 Å². The standard InChI is InChI=1S/C24H21N3O3S/c1-16-7-12-21-22(13-16)31-24(26-21)27(23(28)18-5-4-6-20(14-18)30-3)25-15-17-8-10-19(29-2)11-9-17/h4-15H,1-3H3/b25-15+. The van der Waals surface area contributed by atoms with Crippen LogP contribution in [0.5, 0.6) is 11.5 Å². The number of nitrogens with zero attached hydrogens (tertiary/aromatic N) is 3. The van der Waals surface area contributed by atoms with Gasteiger partial charge in [0, 0.05) is 5.56 Å². The summed E-state index contributed by atoms with van der Waals surface area (Å²) in [5.41, 5.74) is 3.26. The maximum atomic E-state index is 13.4. The number of ether oxygens (including phenoxy) is 2. The SMILES string of the molecule is COc1ccc(/C=N/N(C(=O)c2cccc(OC)c2)c2nc3ccc(C)cc3s2)cc1. The van der Waals surface area contributed by atoms with E-state index in [1.165, 1.54) is 16.3 Å². The zero-order chi connectivity index (χ0) is 21.8. The van der Waals surface area contributed by atoms with Crippen LogP contribution in [0, 0.1) is 6.92 Å². The number of hydrogen-bond acceptors (Lipinski definition) is 6. The molecular formula is C24H21N3O3S. The number of hydrogen-bond donors (Lipinski definition) is 0. The number of carbonyl (C=O) groups excluding carboxylic acids is 1. The third-order valence-electron chi connectivity index (χ3n) is 4.66. The van der Waals surface area contributed by atoms with E-state index in [4.69, 9.17) is 9.47 Å². The molecular weight excluding hydrogens is 410 g/mol. The molecule has 0 aliphatic carbocycles. The molecule has 156 valence electrons. The van der Waals surface area contributed by atoms with Gasteiger partial charge in [-0.3, -0.25) is 4.79 Å². The Balaban J connectivity index is 1.74. The van der Waals surface area contributed by atoms with E-state index in [0.29, 0.717) is 16.4 Å². The Bertz CT molecular complexity index is 1250. The van der Waals surface area contributed by atoms with Gasteiger partial charge in [-0.25, -0.2) is 4.98 Å². The highest BCUT2D eigenvalue weighted by atomic mass is 32.1. The highest BCUT2D eigenvalue weighted by Crippen LogP contribution is 2.31. The molecule has 1 aromatic heterocycles. The smallest absolute Gasteiger partial charge is 0.280 e. The van der Waals surface area contributed by atoms with Crippen molar-refractivity contribution in [2.45, 2.75) is 6.92 Å². The van der Waals surface area contributed by atoms with Gasteiger partial charge in [-0.05, 0) is 72.6 Å². The van der Waals surface area contributed by atoms with Crippen molar-refractivity contribution in [2.24, 2.45) is 5.10 Å². The van der Waals surface area contributed by atoms with Crippen molar-refractivity contribution < 1.29 is 14.3 Å². The second kappa shape index (κ2) is 8.97. The Morgan fingerprint density at radius 1 is 1.00 bits per heavy atom. The average Bonchev–Trinajstić information content (AvgIpc) is 3.22. The first kappa shape index (κ1) is 20.6. The number of thiazole rings is 1. The highest BCUT2D eigenvalue weighted by Gasteiger charge is 2.21. The fourth-order valence-corrected chi connectivity index (χ4v) is 4.01. The minimum Gasteiger partial charge on any atom is -0.497 e. The number of amides is 1. The molecule has 1 heterocycles. The monoisotopic (exact) mass is 431 g/mol. The molecule has 7 heteroatoms. The van der Waals surface area contributed by atoms with E-state index >= 15 is 0 Å². The Morgan fingerprint density at radius 3 is 2.52 bits per heavy atom.